The Bertz CT molecular complexity index is 1260. The molecule has 36 heavy (non-hydrogen) atoms. The van der Waals surface area contributed by atoms with Gasteiger partial charge in [-0.15, -0.1) is 5.10 Å². The van der Waals surface area contributed by atoms with Crippen LogP contribution in [0.1, 0.15) is 50.8 Å². The Labute approximate surface area is 220 Å². The molecule has 2 aromatic carbocycles. The van der Waals surface area contributed by atoms with Crippen molar-refractivity contribution in [3.05, 3.63) is 69.9 Å². The molecule has 190 valence electrons. The second-order valence-corrected chi connectivity index (χ2v) is 9.85. The van der Waals surface area contributed by atoms with Crippen LogP contribution < -0.4 is 20.5 Å². The van der Waals surface area contributed by atoms with E-state index in [1.54, 1.807) is 16.4 Å². The fourth-order valence-electron chi connectivity index (χ4n) is 3.95. The lowest BCUT2D eigenvalue weighted by molar-refractivity contribution is -0.115. The van der Waals surface area contributed by atoms with E-state index >= 15 is 0 Å². The molecular formula is C26H30ClN5O3S. The number of anilines is 1. The Balaban J connectivity index is 1.68. The number of benzene rings is 2. The molecule has 1 unspecified atom stereocenters. The first-order valence-electron chi connectivity index (χ1n) is 11.9. The molecule has 1 aliphatic heterocycles. The number of amides is 1. The van der Waals surface area contributed by atoms with Gasteiger partial charge in [-0.3, -0.25) is 4.79 Å². The van der Waals surface area contributed by atoms with E-state index in [0.717, 1.165) is 29.7 Å². The zero-order valence-electron chi connectivity index (χ0n) is 20.6. The summed E-state index contributed by atoms with van der Waals surface area (Å²) in [7, 11) is 0. The summed E-state index contributed by atoms with van der Waals surface area (Å²) < 4.78 is 13.7. The number of hydrogen-bond acceptors (Lipinski definition) is 7. The van der Waals surface area contributed by atoms with Gasteiger partial charge in [-0.25, -0.2) is 4.68 Å². The first-order valence-corrected chi connectivity index (χ1v) is 13.3. The summed E-state index contributed by atoms with van der Waals surface area (Å²) in [6.07, 6.45) is 2.17. The third-order valence-electron chi connectivity index (χ3n) is 5.72. The number of aromatic nitrogens is 3. The number of carbonyl (C=O) groups is 1. The number of primary amides is 1. The van der Waals surface area contributed by atoms with E-state index < -0.39 is 11.9 Å². The molecule has 3 N–H and O–H groups in total. The van der Waals surface area contributed by atoms with Crippen LogP contribution in [0.25, 0.3) is 0 Å². The van der Waals surface area contributed by atoms with E-state index in [-0.39, 0.29) is 0 Å². The van der Waals surface area contributed by atoms with Gasteiger partial charge < -0.3 is 20.5 Å². The van der Waals surface area contributed by atoms with Gasteiger partial charge in [0.05, 0.1) is 12.2 Å². The van der Waals surface area contributed by atoms with Crippen molar-refractivity contribution in [2.75, 3.05) is 17.7 Å². The van der Waals surface area contributed by atoms with Crippen molar-refractivity contribution in [3.8, 4) is 11.5 Å². The molecule has 0 bridgehead atoms. The van der Waals surface area contributed by atoms with Crippen LogP contribution in [0.15, 0.2) is 58.9 Å². The number of fused-ring (bicyclic) bond motifs is 1. The summed E-state index contributed by atoms with van der Waals surface area (Å²) in [4.78, 5) is 17.2. The van der Waals surface area contributed by atoms with Crippen LogP contribution in [0.4, 0.5) is 5.95 Å². The minimum Gasteiger partial charge on any atom is -0.490 e. The highest BCUT2D eigenvalue weighted by molar-refractivity contribution is 7.99. The number of halogens is 1. The topological polar surface area (TPSA) is 104 Å². The number of thioether (sulfide) groups is 1. The number of rotatable bonds is 11. The van der Waals surface area contributed by atoms with Gasteiger partial charge in [0.25, 0.3) is 0 Å². The fourth-order valence-corrected chi connectivity index (χ4v) is 4.99. The predicted molar refractivity (Wildman–Crippen MR) is 143 cm³/mol. The van der Waals surface area contributed by atoms with E-state index in [0.29, 0.717) is 52.1 Å². The van der Waals surface area contributed by atoms with Crippen LogP contribution in [0, 0.1) is 0 Å². The minimum absolute atomic E-state index is 0.362. The van der Waals surface area contributed by atoms with Gasteiger partial charge in [0.2, 0.25) is 17.0 Å². The van der Waals surface area contributed by atoms with Crippen LogP contribution in [-0.4, -0.2) is 33.0 Å². The average Bonchev–Trinajstić information content (AvgIpc) is 3.25. The van der Waals surface area contributed by atoms with Crippen molar-refractivity contribution in [2.45, 2.75) is 51.4 Å². The summed E-state index contributed by atoms with van der Waals surface area (Å²) in [5.74, 6) is 2.15. The molecule has 0 fully saturated rings. The normalized spacial score (nSPS) is 14.8. The third-order valence-corrected chi connectivity index (χ3v) is 6.89. The van der Waals surface area contributed by atoms with Gasteiger partial charge in [0.1, 0.15) is 12.6 Å². The number of nitrogens with zero attached hydrogens (tertiary/aromatic N) is 3. The van der Waals surface area contributed by atoms with E-state index in [9.17, 15) is 4.79 Å². The Kier molecular flexibility index (Phi) is 8.43. The van der Waals surface area contributed by atoms with Gasteiger partial charge >= 0.3 is 0 Å². The lowest BCUT2D eigenvalue weighted by atomic mass is 9.95. The molecule has 0 saturated heterocycles. The summed E-state index contributed by atoms with van der Waals surface area (Å²) in [6.45, 7) is 6.70. The number of nitrogens with two attached hydrogens (primary N) is 1. The molecule has 8 nitrogen and oxygen atoms in total. The van der Waals surface area contributed by atoms with E-state index in [4.69, 9.17) is 31.9 Å². The number of unbranched alkanes of at least 4 members (excludes halogenated alkanes) is 1. The van der Waals surface area contributed by atoms with Crippen molar-refractivity contribution in [1.29, 1.82) is 0 Å². The van der Waals surface area contributed by atoms with Crippen LogP contribution >= 0.6 is 23.4 Å². The fraction of sp³-hybridized carbons (Fsp3) is 0.346. The second kappa shape index (κ2) is 11.7. The average molecular weight is 528 g/mol. The third kappa shape index (κ3) is 5.79. The lowest BCUT2D eigenvalue weighted by Crippen LogP contribution is -2.31. The van der Waals surface area contributed by atoms with Crippen LogP contribution in [-0.2, 0) is 11.4 Å². The number of carbonyl (C=O) groups excluding carboxylic acids is 1. The van der Waals surface area contributed by atoms with Crippen LogP contribution in [0.2, 0.25) is 5.02 Å². The van der Waals surface area contributed by atoms with Crippen LogP contribution in [0.5, 0.6) is 11.5 Å². The molecule has 1 amide bonds. The van der Waals surface area contributed by atoms with Gasteiger partial charge in [-0.05, 0) is 55.7 Å². The Hall–Kier alpha value is -3.17. The molecule has 0 aliphatic carbocycles. The Morgan fingerprint density at radius 3 is 2.64 bits per heavy atom. The molecule has 2 heterocycles. The zero-order chi connectivity index (χ0) is 25.7. The Morgan fingerprint density at radius 2 is 1.94 bits per heavy atom. The molecule has 10 heteroatoms. The Morgan fingerprint density at radius 1 is 1.17 bits per heavy atom. The maximum absolute atomic E-state index is 12.5. The molecule has 0 spiro atoms. The lowest BCUT2D eigenvalue weighted by Gasteiger charge is -2.28. The molecular weight excluding hydrogens is 498 g/mol. The SMILES string of the molecule is CCCCSc1nc2n(n1)C(c1ccc(OCc3ccc(Cl)cc3)c(OCC)c1)C(C(N)=O)=C(C)N2. The summed E-state index contributed by atoms with van der Waals surface area (Å²) >= 11 is 7.58. The van der Waals surface area contributed by atoms with Crippen molar-refractivity contribution < 1.29 is 14.3 Å². The first kappa shape index (κ1) is 25.9. The number of ether oxygens (including phenoxy) is 2. The van der Waals surface area contributed by atoms with E-state index in [1.807, 2.05) is 56.3 Å². The number of hydrogen-bond donors (Lipinski definition) is 2. The van der Waals surface area contributed by atoms with Gasteiger partial charge in [0.15, 0.2) is 11.5 Å². The van der Waals surface area contributed by atoms with Crippen molar-refractivity contribution >= 4 is 35.2 Å². The van der Waals surface area contributed by atoms with E-state index in [1.165, 1.54) is 0 Å². The molecule has 3 aromatic rings. The van der Waals surface area contributed by atoms with Gasteiger partial charge in [0, 0.05) is 16.5 Å². The molecule has 0 radical (unpaired) electrons. The van der Waals surface area contributed by atoms with Crippen LogP contribution in [0.3, 0.4) is 0 Å². The molecule has 1 atom stereocenters. The molecule has 1 aromatic heterocycles. The highest BCUT2D eigenvalue weighted by Gasteiger charge is 2.34. The maximum atomic E-state index is 12.5. The number of nitrogens with one attached hydrogen (secondary N) is 1. The summed E-state index contributed by atoms with van der Waals surface area (Å²) in [5.41, 5.74) is 8.69. The molecule has 0 saturated carbocycles. The zero-order valence-corrected chi connectivity index (χ0v) is 22.2. The van der Waals surface area contributed by atoms with Crippen molar-refractivity contribution in [1.82, 2.24) is 14.8 Å². The second-order valence-electron chi connectivity index (χ2n) is 8.35. The van der Waals surface area contributed by atoms with Gasteiger partial charge in [-0.1, -0.05) is 54.9 Å². The smallest absolute Gasteiger partial charge is 0.248 e. The first-order chi connectivity index (χ1) is 17.4. The molecule has 1 aliphatic rings. The van der Waals surface area contributed by atoms with E-state index in [2.05, 4.69) is 17.2 Å². The minimum atomic E-state index is -0.545. The van der Waals surface area contributed by atoms with Crippen molar-refractivity contribution in [2.24, 2.45) is 5.73 Å². The van der Waals surface area contributed by atoms with Gasteiger partial charge in [-0.2, -0.15) is 4.98 Å². The standard InChI is InChI=1S/C26H30ClN5O3S/c1-4-6-13-36-26-30-25-29-16(3)22(24(28)33)23(32(25)31-26)18-9-12-20(21(14-18)34-5-2)35-15-17-7-10-19(27)11-8-17/h7-12,14,23H,4-6,13,15H2,1-3H3,(H2,28,33)(H,29,30,31). The molecule has 4 rings (SSSR count). The number of allylic oxidation sites excluding steroid dienone is 1. The quantitative estimate of drug-likeness (QED) is 0.248. The predicted octanol–water partition coefficient (Wildman–Crippen LogP) is 5.58. The summed E-state index contributed by atoms with van der Waals surface area (Å²) in [5, 5.41) is 9.22. The monoisotopic (exact) mass is 527 g/mol. The largest absolute Gasteiger partial charge is 0.490 e. The highest BCUT2D eigenvalue weighted by Crippen LogP contribution is 2.39. The maximum Gasteiger partial charge on any atom is 0.248 e. The highest BCUT2D eigenvalue weighted by atomic mass is 35.5. The van der Waals surface area contributed by atoms with Crippen molar-refractivity contribution in [3.63, 3.8) is 0 Å². The summed E-state index contributed by atoms with van der Waals surface area (Å²) in [6, 6.07) is 12.6.